The van der Waals surface area contributed by atoms with E-state index in [1.54, 1.807) is 0 Å². The summed E-state index contributed by atoms with van der Waals surface area (Å²) in [5.74, 6) is 0.837. The van der Waals surface area contributed by atoms with Crippen LogP contribution in [-0.4, -0.2) is 13.1 Å². The lowest BCUT2D eigenvalue weighted by atomic mass is 9.90. The number of benzene rings is 1. The van der Waals surface area contributed by atoms with E-state index in [9.17, 15) is 4.79 Å². The van der Waals surface area contributed by atoms with Crippen molar-refractivity contribution in [2.24, 2.45) is 5.92 Å². The number of methoxy groups -OCH3 is 1. The molecule has 82 valence electrons. The van der Waals surface area contributed by atoms with Crippen molar-refractivity contribution >= 4 is 5.97 Å². The second-order valence-corrected chi connectivity index (χ2v) is 4.15. The molecule has 0 aromatic heterocycles. The Morgan fingerprint density at radius 2 is 1.67 bits per heavy atom. The molecule has 0 fully saturated rings. The van der Waals surface area contributed by atoms with E-state index in [1.807, 2.05) is 24.3 Å². The molecule has 0 heterocycles. The Morgan fingerprint density at radius 1 is 1.13 bits per heavy atom. The molecular formula is C13H18O2. The van der Waals surface area contributed by atoms with Gasteiger partial charge in [0.15, 0.2) is 0 Å². The summed E-state index contributed by atoms with van der Waals surface area (Å²) in [4.78, 5) is 11.2. The Balaban J connectivity index is 2.85. The van der Waals surface area contributed by atoms with Crippen LogP contribution in [0, 0.1) is 5.92 Å². The van der Waals surface area contributed by atoms with Gasteiger partial charge >= 0.3 is 5.97 Å². The summed E-state index contributed by atoms with van der Waals surface area (Å²) in [6, 6.07) is 7.63. The van der Waals surface area contributed by atoms with E-state index in [0.717, 1.165) is 0 Å². The van der Waals surface area contributed by atoms with Gasteiger partial charge in [0.05, 0.1) is 12.7 Å². The SMILES string of the molecule is COC(=O)c1ccc(C(C)C(C)C)cc1. The van der Waals surface area contributed by atoms with E-state index in [2.05, 4.69) is 25.5 Å². The average Bonchev–Trinajstić information content (AvgIpc) is 2.27. The molecule has 1 rings (SSSR count). The molecule has 0 aliphatic rings. The van der Waals surface area contributed by atoms with Crippen LogP contribution in [-0.2, 0) is 4.74 Å². The summed E-state index contributed by atoms with van der Waals surface area (Å²) in [7, 11) is 1.40. The van der Waals surface area contributed by atoms with Crippen molar-refractivity contribution in [2.45, 2.75) is 26.7 Å². The maximum atomic E-state index is 11.2. The molecule has 1 aromatic carbocycles. The highest BCUT2D eigenvalue weighted by Crippen LogP contribution is 2.23. The lowest BCUT2D eigenvalue weighted by molar-refractivity contribution is 0.0600. The summed E-state index contributed by atoms with van der Waals surface area (Å²) < 4.78 is 4.65. The quantitative estimate of drug-likeness (QED) is 0.710. The number of carbonyl (C=O) groups is 1. The van der Waals surface area contributed by atoms with E-state index in [1.165, 1.54) is 12.7 Å². The largest absolute Gasteiger partial charge is 0.465 e. The Hall–Kier alpha value is -1.31. The first-order chi connectivity index (χ1) is 7.06. The molecule has 0 amide bonds. The zero-order chi connectivity index (χ0) is 11.4. The Morgan fingerprint density at radius 3 is 2.07 bits per heavy atom. The van der Waals surface area contributed by atoms with Gasteiger partial charge in [0.2, 0.25) is 0 Å². The predicted molar refractivity (Wildman–Crippen MR) is 61.0 cm³/mol. The molecule has 1 atom stereocenters. The molecule has 2 heteroatoms. The third kappa shape index (κ3) is 2.82. The predicted octanol–water partition coefficient (Wildman–Crippen LogP) is 3.23. The van der Waals surface area contributed by atoms with E-state index in [4.69, 9.17) is 0 Å². The van der Waals surface area contributed by atoms with Crippen LogP contribution in [0.1, 0.15) is 42.6 Å². The number of hydrogen-bond acceptors (Lipinski definition) is 2. The Labute approximate surface area is 91.3 Å². The standard InChI is InChI=1S/C13H18O2/c1-9(2)10(3)11-5-7-12(8-6-11)13(14)15-4/h5-10H,1-4H3. The second-order valence-electron chi connectivity index (χ2n) is 4.15. The minimum absolute atomic E-state index is 0.279. The third-order valence-corrected chi connectivity index (χ3v) is 2.86. The van der Waals surface area contributed by atoms with Crippen LogP contribution < -0.4 is 0 Å². The molecule has 1 unspecified atom stereocenters. The highest BCUT2D eigenvalue weighted by molar-refractivity contribution is 5.89. The minimum Gasteiger partial charge on any atom is -0.465 e. The molecule has 0 spiro atoms. The summed E-state index contributed by atoms with van der Waals surface area (Å²) in [5.41, 5.74) is 1.87. The second kappa shape index (κ2) is 4.96. The highest BCUT2D eigenvalue weighted by Gasteiger charge is 2.11. The monoisotopic (exact) mass is 206 g/mol. The van der Waals surface area contributed by atoms with Crippen molar-refractivity contribution < 1.29 is 9.53 Å². The summed E-state index contributed by atoms with van der Waals surface area (Å²) in [5, 5.41) is 0. The lowest BCUT2D eigenvalue weighted by Gasteiger charge is -2.15. The van der Waals surface area contributed by atoms with Gasteiger partial charge in [-0.25, -0.2) is 4.79 Å². The molecule has 0 saturated carbocycles. The molecular weight excluding hydrogens is 188 g/mol. The van der Waals surface area contributed by atoms with Crippen molar-refractivity contribution in [1.82, 2.24) is 0 Å². The van der Waals surface area contributed by atoms with Crippen LogP contribution in [0.3, 0.4) is 0 Å². The van der Waals surface area contributed by atoms with Crippen molar-refractivity contribution in [3.8, 4) is 0 Å². The first-order valence-corrected chi connectivity index (χ1v) is 5.24. The van der Waals surface area contributed by atoms with Crippen LogP contribution in [0.2, 0.25) is 0 Å². The normalized spacial score (nSPS) is 12.6. The van der Waals surface area contributed by atoms with Crippen LogP contribution >= 0.6 is 0 Å². The lowest BCUT2D eigenvalue weighted by Crippen LogP contribution is -2.04. The maximum absolute atomic E-state index is 11.2. The van der Waals surface area contributed by atoms with Crippen molar-refractivity contribution in [2.75, 3.05) is 7.11 Å². The third-order valence-electron chi connectivity index (χ3n) is 2.86. The summed E-state index contributed by atoms with van der Waals surface area (Å²) >= 11 is 0. The van der Waals surface area contributed by atoms with Gasteiger partial charge in [-0.1, -0.05) is 32.9 Å². The molecule has 2 nitrogen and oxygen atoms in total. The number of esters is 1. The highest BCUT2D eigenvalue weighted by atomic mass is 16.5. The fraction of sp³-hybridized carbons (Fsp3) is 0.462. The minimum atomic E-state index is -0.279. The smallest absolute Gasteiger partial charge is 0.337 e. The topological polar surface area (TPSA) is 26.3 Å². The van der Waals surface area contributed by atoms with Crippen molar-refractivity contribution in [1.29, 1.82) is 0 Å². The molecule has 0 saturated heterocycles. The zero-order valence-electron chi connectivity index (χ0n) is 9.78. The van der Waals surface area contributed by atoms with Gasteiger partial charge in [-0.2, -0.15) is 0 Å². The fourth-order valence-corrected chi connectivity index (χ4v) is 1.43. The van der Waals surface area contributed by atoms with Gasteiger partial charge in [0.1, 0.15) is 0 Å². The van der Waals surface area contributed by atoms with Gasteiger partial charge in [0, 0.05) is 0 Å². The molecule has 15 heavy (non-hydrogen) atoms. The Bertz CT molecular complexity index is 325. The van der Waals surface area contributed by atoms with Gasteiger partial charge in [-0.05, 0) is 29.5 Å². The summed E-state index contributed by atoms with van der Waals surface area (Å²) in [6.07, 6.45) is 0. The van der Waals surface area contributed by atoms with E-state index < -0.39 is 0 Å². The first-order valence-electron chi connectivity index (χ1n) is 5.24. The van der Waals surface area contributed by atoms with Crippen LogP contribution in [0.5, 0.6) is 0 Å². The van der Waals surface area contributed by atoms with Gasteiger partial charge in [-0.3, -0.25) is 0 Å². The van der Waals surface area contributed by atoms with Crippen LogP contribution in [0.15, 0.2) is 24.3 Å². The molecule has 0 aliphatic carbocycles. The van der Waals surface area contributed by atoms with Gasteiger partial charge in [0.25, 0.3) is 0 Å². The van der Waals surface area contributed by atoms with Gasteiger partial charge < -0.3 is 4.74 Å². The van der Waals surface area contributed by atoms with Gasteiger partial charge in [-0.15, -0.1) is 0 Å². The molecule has 0 N–H and O–H groups in total. The number of rotatable bonds is 3. The summed E-state index contributed by atoms with van der Waals surface area (Å²) in [6.45, 7) is 6.58. The Kier molecular flexibility index (Phi) is 3.89. The fourth-order valence-electron chi connectivity index (χ4n) is 1.43. The number of hydrogen-bond donors (Lipinski definition) is 0. The van der Waals surface area contributed by atoms with Crippen molar-refractivity contribution in [3.05, 3.63) is 35.4 Å². The number of ether oxygens (including phenoxy) is 1. The zero-order valence-corrected chi connectivity index (χ0v) is 9.78. The number of carbonyl (C=O) groups excluding carboxylic acids is 1. The molecule has 1 aromatic rings. The first kappa shape index (κ1) is 11.8. The average molecular weight is 206 g/mol. The molecule has 0 radical (unpaired) electrons. The molecule has 0 aliphatic heterocycles. The molecule has 0 bridgehead atoms. The van der Waals surface area contributed by atoms with E-state index >= 15 is 0 Å². The van der Waals surface area contributed by atoms with Crippen LogP contribution in [0.4, 0.5) is 0 Å². The van der Waals surface area contributed by atoms with E-state index in [-0.39, 0.29) is 5.97 Å². The van der Waals surface area contributed by atoms with Crippen molar-refractivity contribution in [3.63, 3.8) is 0 Å². The van der Waals surface area contributed by atoms with E-state index in [0.29, 0.717) is 17.4 Å². The maximum Gasteiger partial charge on any atom is 0.337 e. The van der Waals surface area contributed by atoms with Crippen LogP contribution in [0.25, 0.3) is 0 Å².